The van der Waals surface area contributed by atoms with Gasteiger partial charge in [-0.1, -0.05) is 56.7 Å². The molecule has 6 aliphatic carbocycles. The third-order valence-electron chi connectivity index (χ3n) is 14.0. The van der Waals surface area contributed by atoms with Crippen LogP contribution < -0.4 is 5.73 Å². The maximum absolute atomic E-state index is 13.9. The Morgan fingerprint density at radius 1 is 1.07 bits per heavy atom. The molecule has 9 atom stereocenters. The fourth-order valence-electron chi connectivity index (χ4n) is 12.3. The maximum Gasteiger partial charge on any atom is 0.193 e. The minimum atomic E-state index is -1.34. The van der Waals surface area contributed by atoms with E-state index < -0.39 is 41.5 Å². The number of hydrogen-bond donors (Lipinski definition) is 3. The van der Waals surface area contributed by atoms with Gasteiger partial charge in [0.25, 0.3) is 0 Å². The topological polar surface area (TPSA) is 119 Å². The largest absolute Gasteiger partial charge is 0.393 e. The summed E-state index contributed by atoms with van der Waals surface area (Å²) in [7, 11) is 0. The summed E-state index contributed by atoms with van der Waals surface area (Å²) < 4.78 is 13.4. The lowest BCUT2D eigenvalue weighted by Crippen LogP contribution is -2.66. The van der Waals surface area contributed by atoms with E-state index in [0.29, 0.717) is 24.3 Å². The number of Topliss-reactive ketones (excluding diaryl/α,β-unsaturated/α-hetero) is 1. The van der Waals surface area contributed by atoms with E-state index in [2.05, 4.69) is 45.0 Å². The van der Waals surface area contributed by atoms with E-state index in [1.54, 1.807) is 12.2 Å². The molecule has 8 rings (SSSR count). The lowest BCUT2D eigenvalue weighted by Gasteiger charge is -2.64. The van der Waals surface area contributed by atoms with Crippen LogP contribution in [0.5, 0.6) is 0 Å². The summed E-state index contributed by atoms with van der Waals surface area (Å²) in [5.74, 6) is 0.298. The van der Waals surface area contributed by atoms with Crippen LogP contribution in [0.15, 0.2) is 48.1 Å². The number of aliphatic hydroxyl groups is 2. The lowest BCUT2D eigenvalue weighted by molar-refractivity contribution is -0.220. The standard InChI is InChI=1S/C37H47NO6/c1-33-11-9-26(40)13-24(33)8-10-34(2)28-14-30-37(29(42)20-39,35(28,3)19-27(41)31(33)34)44-32(43-30)23-6-4-21(5-7-23)12-22-15-36(16-22)17-25(38)18-36/h4-7,9,11,13,22,25,27-28,30-32,39,41H,8,10,12,14-20,38H2,1-3H3/t22?,25?,27-,28-,30+,31+,32+,33-,34-,35-,36?,37+/m0/s1. The Bertz CT molecular complexity index is 1450. The second-order valence-electron chi connectivity index (χ2n) is 16.4. The Morgan fingerprint density at radius 3 is 2.48 bits per heavy atom. The second-order valence-corrected chi connectivity index (χ2v) is 16.4. The molecule has 236 valence electrons. The molecule has 0 bridgehead atoms. The molecule has 7 nitrogen and oxygen atoms in total. The molecule has 1 aromatic rings. The highest BCUT2D eigenvalue weighted by atomic mass is 16.7. The number of aliphatic hydroxyl groups excluding tert-OH is 2. The van der Waals surface area contributed by atoms with Crippen LogP contribution in [0, 0.1) is 39.4 Å². The van der Waals surface area contributed by atoms with Gasteiger partial charge in [-0.25, -0.2) is 0 Å². The number of ether oxygens (including phenoxy) is 2. The zero-order valence-corrected chi connectivity index (χ0v) is 26.3. The zero-order chi connectivity index (χ0) is 30.9. The van der Waals surface area contributed by atoms with Crippen LogP contribution in [-0.4, -0.2) is 52.2 Å². The molecule has 7 aliphatic rings. The van der Waals surface area contributed by atoms with Crippen molar-refractivity contribution in [2.75, 3.05) is 6.61 Å². The van der Waals surface area contributed by atoms with Gasteiger partial charge < -0.3 is 25.4 Å². The van der Waals surface area contributed by atoms with Crippen LogP contribution in [0.3, 0.4) is 0 Å². The van der Waals surface area contributed by atoms with Gasteiger partial charge >= 0.3 is 0 Å². The van der Waals surface area contributed by atoms with Crippen molar-refractivity contribution in [1.29, 1.82) is 0 Å². The van der Waals surface area contributed by atoms with Crippen molar-refractivity contribution < 1.29 is 29.3 Å². The van der Waals surface area contributed by atoms with Crippen molar-refractivity contribution in [3.63, 3.8) is 0 Å². The number of benzene rings is 1. The van der Waals surface area contributed by atoms with Crippen LogP contribution in [0.25, 0.3) is 0 Å². The third kappa shape index (κ3) is 3.74. The molecule has 1 saturated heterocycles. The number of carbonyl (C=O) groups is 2. The summed E-state index contributed by atoms with van der Waals surface area (Å²) in [6.07, 6.45) is 12.0. The van der Waals surface area contributed by atoms with Crippen molar-refractivity contribution in [2.45, 2.75) is 109 Å². The molecule has 5 saturated carbocycles. The van der Waals surface area contributed by atoms with Crippen molar-refractivity contribution in [1.82, 2.24) is 0 Å². The Morgan fingerprint density at radius 2 is 1.80 bits per heavy atom. The number of ketones is 2. The fourth-order valence-corrected chi connectivity index (χ4v) is 12.3. The summed E-state index contributed by atoms with van der Waals surface area (Å²) in [4.78, 5) is 26.1. The van der Waals surface area contributed by atoms with Gasteiger partial charge in [0.15, 0.2) is 23.5 Å². The Kier molecular flexibility index (Phi) is 6.28. The van der Waals surface area contributed by atoms with Crippen LogP contribution >= 0.6 is 0 Å². The van der Waals surface area contributed by atoms with E-state index in [-0.39, 0.29) is 28.8 Å². The van der Waals surface area contributed by atoms with E-state index in [4.69, 9.17) is 15.2 Å². The van der Waals surface area contributed by atoms with E-state index in [9.17, 15) is 19.8 Å². The van der Waals surface area contributed by atoms with Crippen molar-refractivity contribution in [2.24, 2.45) is 45.1 Å². The molecule has 6 fully saturated rings. The molecule has 0 radical (unpaired) electrons. The van der Waals surface area contributed by atoms with Gasteiger partial charge in [-0.3, -0.25) is 9.59 Å². The Hall–Kier alpha value is -2.16. The molecular weight excluding hydrogens is 554 g/mol. The fraction of sp³-hybridized carbons (Fsp3) is 0.676. The highest BCUT2D eigenvalue weighted by Gasteiger charge is 2.78. The van der Waals surface area contributed by atoms with E-state index >= 15 is 0 Å². The molecule has 1 heterocycles. The Balaban J connectivity index is 1.05. The van der Waals surface area contributed by atoms with Gasteiger partial charge in [0.2, 0.25) is 0 Å². The van der Waals surface area contributed by atoms with Crippen LogP contribution in [-0.2, 0) is 25.5 Å². The number of hydrogen-bond acceptors (Lipinski definition) is 7. The monoisotopic (exact) mass is 601 g/mol. The smallest absolute Gasteiger partial charge is 0.193 e. The van der Waals surface area contributed by atoms with Crippen molar-refractivity contribution >= 4 is 11.6 Å². The maximum atomic E-state index is 13.9. The molecule has 44 heavy (non-hydrogen) atoms. The van der Waals surface area contributed by atoms with E-state index in [1.165, 1.54) is 31.2 Å². The van der Waals surface area contributed by atoms with Gasteiger partial charge in [-0.05, 0) is 98.2 Å². The van der Waals surface area contributed by atoms with Crippen LogP contribution in [0.2, 0.25) is 0 Å². The summed E-state index contributed by atoms with van der Waals surface area (Å²) in [6.45, 7) is 5.86. The predicted molar refractivity (Wildman–Crippen MR) is 164 cm³/mol. The predicted octanol–water partition coefficient (Wildman–Crippen LogP) is 4.74. The normalized spacial score (nSPS) is 50.2. The number of nitrogens with two attached hydrogens (primary N) is 1. The van der Waals surface area contributed by atoms with Crippen LogP contribution in [0.4, 0.5) is 0 Å². The van der Waals surface area contributed by atoms with E-state index in [1.807, 2.05) is 6.08 Å². The minimum absolute atomic E-state index is 0.00952. The van der Waals surface area contributed by atoms with Crippen molar-refractivity contribution in [3.8, 4) is 0 Å². The minimum Gasteiger partial charge on any atom is -0.393 e. The van der Waals surface area contributed by atoms with E-state index in [0.717, 1.165) is 36.3 Å². The highest BCUT2D eigenvalue weighted by Crippen LogP contribution is 2.74. The zero-order valence-electron chi connectivity index (χ0n) is 26.3. The Labute approximate surface area is 260 Å². The van der Waals surface area contributed by atoms with Gasteiger partial charge in [0, 0.05) is 28.4 Å². The average molecular weight is 602 g/mol. The molecular formula is C37H47NO6. The number of fused-ring (bicyclic) bond motifs is 7. The summed E-state index contributed by atoms with van der Waals surface area (Å²) >= 11 is 0. The number of rotatable bonds is 5. The SMILES string of the molecule is C[C@@]12CCC3=CC(=O)C=C[C@]3(C)[C@H]1[C@@H](O)C[C@@]1(C)[C@H]2C[C@H]2O[C@@H](c3ccc(CC4CC5(CC(N)C5)C4)cc3)O[C@]21C(=O)CO. The first-order chi connectivity index (χ1) is 20.9. The molecule has 0 aromatic heterocycles. The van der Waals surface area contributed by atoms with Gasteiger partial charge in [-0.15, -0.1) is 0 Å². The molecule has 0 amide bonds. The van der Waals surface area contributed by atoms with Gasteiger partial charge in [-0.2, -0.15) is 0 Å². The highest BCUT2D eigenvalue weighted by molar-refractivity contribution is 6.01. The van der Waals surface area contributed by atoms with Crippen molar-refractivity contribution in [3.05, 3.63) is 59.2 Å². The average Bonchev–Trinajstić information content (AvgIpc) is 3.45. The summed E-state index contributed by atoms with van der Waals surface area (Å²) in [5, 5.41) is 22.3. The molecule has 7 heteroatoms. The first-order valence-corrected chi connectivity index (χ1v) is 16.8. The quantitative estimate of drug-likeness (QED) is 0.446. The summed E-state index contributed by atoms with van der Waals surface area (Å²) in [6, 6.07) is 8.84. The van der Waals surface area contributed by atoms with Gasteiger partial charge in [0.05, 0.1) is 12.2 Å². The molecule has 1 aromatic carbocycles. The molecule has 1 spiro atoms. The molecule has 4 N–H and O–H groups in total. The first kappa shape index (κ1) is 29.3. The summed E-state index contributed by atoms with van der Waals surface area (Å²) in [5.41, 5.74) is 7.03. The molecule has 0 unspecified atom stereocenters. The van der Waals surface area contributed by atoms with Crippen LogP contribution in [0.1, 0.15) is 89.6 Å². The van der Waals surface area contributed by atoms with Gasteiger partial charge in [0.1, 0.15) is 6.61 Å². The second kappa shape index (κ2) is 9.45. The number of allylic oxidation sites excluding steroid dienone is 4. The third-order valence-corrected chi connectivity index (χ3v) is 14.0. The lowest BCUT2D eigenvalue weighted by atomic mass is 9.40. The molecule has 1 aliphatic heterocycles. The first-order valence-electron chi connectivity index (χ1n) is 16.8. The number of carbonyl (C=O) groups excluding carboxylic acids is 2.